The van der Waals surface area contributed by atoms with Crippen molar-refractivity contribution in [3.8, 4) is 0 Å². The lowest BCUT2D eigenvalue weighted by molar-refractivity contribution is -0.0441. The lowest BCUT2D eigenvalue weighted by atomic mass is 10.2. The van der Waals surface area contributed by atoms with Gasteiger partial charge in [-0.2, -0.15) is 4.98 Å². The molecule has 3 rings (SSSR count). The lowest BCUT2D eigenvalue weighted by Gasteiger charge is -2.12. The van der Waals surface area contributed by atoms with Crippen LogP contribution >= 0.6 is 0 Å². The second-order valence-corrected chi connectivity index (χ2v) is 4.56. The van der Waals surface area contributed by atoms with Crippen LogP contribution < -0.4 is 17.0 Å². The lowest BCUT2D eigenvalue weighted by Crippen LogP contribution is -2.25. The molecule has 1 aliphatic heterocycles. The molecule has 3 heterocycles. The van der Waals surface area contributed by atoms with Crippen LogP contribution in [-0.2, 0) is 4.74 Å². The number of nitrogens with one attached hydrogen (secondary N) is 2. The summed E-state index contributed by atoms with van der Waals surface area (Å²) < 4.78 is 6.50. The average Bonchev–Trinajstić information content (AvgIpc) is 2.89. The van der Waals surface area contributed by atoms with Crippen molar-refractivity contribution >= 4 is 17.1 Å². The van der Waals surface area contributed by atoms with Gasteiger partial charge in [-0.25, -0.2) is 9.36 Å². The SMILES string of the molecule is Nc1nc2c([nH]c(=O)n2[C@H]2CC(O)C(CO)O2)c(=O)[nH]1. The summed E-state index contributed by atoms with van der Waals surface area (Å²) in [4.78, 5) is 32.2. The Morgan fingerprint density at radius 2 is 2.20 bits per heavy atom. The number of aliphatic hydroxyl groups excluding tert-OH is 2. The zero-order chi connectivity index (χ0) is 14.4. The third-order valence-corrected chi connectivity index (χ3v) is 3.27. The molecule has 2 aromatic rings. The van der Waals surface area contributed by atoms with Gasteiger partial charge in [0.1, 0.15) is 12.3 Å². The van der Waals surface area contributed by atoms with Crippen LogP contribution in [0.25, 0.3) is 11.2 Å². The van der Waals surface area contributed by atoms with Crippen molar-refractivity contribution in [2.24, 2.45) is 0 Å². The van der Waals surface area contributed by atoms with Crippen LogP contribution in [0.5, 0.6) is 0 Å². The van der Waals surface area contributed by atoms with Crippen molar-refractivity contribution in [1.82, 2.24) is 19.5 Å². The number of nitrogens with two attached hydrogens (primary N) is 1. The van der Waals surface area contributed by atoms with E-state index in [1.54, 1.807) is 0 Å². The summed E-state index contributed by atoms with van der Waals surface area (Å²) in [5.41, 5.74) is 4.32. The molecule has 10 nitrogen and oxygen atoms in total. The molecular formula is C10H13N5O5. The molecule has 0 aliphatic carbocycles. The second kappa shape index (κ2) is 4.44. The summed E-state index contributed by atoms with van der Waals surface area (Å²) >= 11 is 0. The Morgan fingerprint density at radius 3 is 2.85 bits per heavy atom. The van der Waals surface area contributed by atoms with Crippen molar-refractivity contribution in [3.05, 3.63) is 20.8 Å². The summed E-state index contributed by atoms with van der Waals surface area (Å²) in [6.07, 6.45) is -2.40. The standard InChI is InChI=1S/C10H13N5O5/c11-9-13-7-6(8(18)14-9)12-10(19)15(7)5-1-3(17)4(2-16)20-5/h3-5,16-17H,1-2H2,(H,12,19)(H3,11,13,14,18)/t3?,4?,5-/m1/s1. The zero-order valence-corrected chi connectivity index (χ0v) is 10.2. The van der Waals surface area contributed by atoms with Gasteiger partial charge >= 0.3 is 5.69 Å². The number of nitrogen functional groups attached to an aromatic ring is 1. The van der Waals surface area contributed by atoms with E-state index < -0.39 is 29.7 Å². The van der Waals surface area contributed by atoms with E-state index in [2.05, 4.69) is 15.0 Å². The largest absolute Gasteiger partial charge is 0.394 e. The first-order valence-corrected chi connectivity index (χ1v) is 5.95. The predicted octanol–water partition coefficient (Wildman–Crippen LogP) is -2.36. The number of anilines is 1. The monoisotopic (exact) mass is 283 g/mol. The van der Waals surface area contributed by atoms with E-state index in [0.717, 1.165) is 4.57 Å². The van der Waals surface area contributed by atoms with Gasteiger partial charge in [-0.1, -0.05) is 0 Å². The van der Waals surface area contributed by atoms with E-state index in [9.17, 15) is 14.7 Å². The smallest absolute Gasteiger partial charge is 0.329 e. The maximum Gasteiger partial charge on any atom is 0.329 e. The van der Waals surface area contributed by atoms with E-state index in [4.69, 9.17) is 15.6 Å². The van der Waals surface area contributed by atoms with Gasteiger partial charge in [-0.3, -0.25) is 14.8 Å². The number of H-pyrrole nitrogens is 2. The first-order valence-electron chi connectivity index (χ1n) is 5.95. The van der Waals surface area contributed by atoms with Crippen LogP contribution in [0.15, 0.2) is 9.59 Å². The molecule has 0 bridgehead atoms. The van der Waals surface area contributed by atoms with Gasteiger partial charge in [0.25, 0.3) is 5.56 Å². The Bertz CT molecular complexity index is 761. The number of imidazole rings is 1. The van der Waals surface area contributed by atoms with Crippen LogP contribution in [0.4, 0.5) is 5.95 Å². The molecule has 0 radical (unpaired) electrons. The first-order chi connectivity index (χ1) is 9.51. The Labute approximate surface area is 110 Å². The average molecular weight is 283 g/mol. The zero-order valence-electron chi connectivity index (χ0n) is 10.2. The van der Waals surface area contributed by atoms with Gasteiger partial charge in [-0.05, 0) is 0 Å². The van der Waals surface area contributed by atoms with Crippen LogP contribution in [0.2, 0.25) is 0 Å². The Balaban J connectivity index is 2.15. The number of nitrogens with zero attached hydrogens (tertiary/aromatic N) is 2. The summed E-state index contributed by atoms with van der Waals surface area (Å²) in [6, 6.07) is 0. The van der Waals surface area contributed by atoms with E-state index in [0.29, 0.717) is 0 Å². The Kier molecular flexibility index (Phi) is 2.85. The van der Waals surface area contributed by atoms with Crippen LogP contribution in [0.3, 0.4) is 0 Å². The van der Waals surface area contributed by atoms with Gasteiger partial charge in [0, 0.05) is 6.42 Å². The fraction of sp³-hybridized carbons (Fsp3) is 0.500. The third kappa shape index (κ3) is 1.81. The highest BCUT2D eigenvalue weighted by molar-refractivity contribution is 5.70. The molecule has 1 fully saturated rings. The molecular weight excluding hydrogens is 270 g/mol. The highest BCUT2D eigenvalue weighted by Crippen LogP contribution is 2.28. The number of rotatable bonds is 2. The minimum absolute atomic E-state index is 0.0188. The molecule has 3 atom stereocenters. The van der Waals surface area contributed by atoms with E-state index >= 15 is 0 Å². The number of aliphatic hydroxyl groups is 2. The van der Waals surface area contributed by atoms with Gasteiger partial charge < -0.3 is 20.7 Å². The van der Waals surface area contributed by atoms with Gasteiger partial charge in [0.15, 0.2) is 11.2 Å². The number of aromatic nitrogens is 4. The number of ether oxygens (including phenoxy) is 1. The van der Waals surface area contributed by atoms with Crippen LogP contribution in [0.1, 0.15) is 12.6 Å². The fourth-order valence-electron chi connectivity index (χ4n) is 2.33. The maximum absolute atomic E-state index is 11.9. The number of fused-ring (bicyclic) bond motifs is 1. The highest BCUT2D eigenvalue weighted by atomic mass is 16.5. The molecule has 10 heteroatoms. The van der Waals surface area contributed by atoms with Crippen molar-refractivity contribution in [2.45, 2.75) is 24.9 Å². The normalized spacial score (nSPS) is 26.4. The highest BCUT2D eigenvalue weighted by Gasteiger charge is 2.36. The van der Waals surface area contributed by atoms with Crippen LogP contribution in [0, 0.1) is 0 Å². The topological polar surface area (TPSA) is 159 Å². The van der Waals surface area contributed by atoms with E-state index in [-0.39, 0.29) is 30.1 Å². The molecule has 0 spiro atoms. The molecule has 2 unspecified atom stereocenters. The fourth-order valence-corrected chi connectivity index (χ4v) is 2.33. The minimum atomic E-state index is -0.902. The molecule has 0 aromatic carbocycles. The summed E-state index contributed by atoms with van der Waals surface area (Å²) in [5.74, 6) is -0.132. The van der Waals surface area contributed by atoms with Crippen molar-refractivity contribution < 1.29 is 14.9 Å². The molecule has 1 aliphatic rings. The second-order valence-electron chi connectivity index (χ2n) is 4.56. The van der Waals surface area contributed by atoms with Crippen LogP contribution in [-0.4, -0.2) is 48.5 Å². The molecule has 0 saturated carbocycles. The molecule has 20 heavy (non-hydrogen) atoms. The third-order valence-electron chi connectivity index (χ3n) is 3.27. The van der Waals surface area contributed by atoms with E-state index in [1.165, 1.54) is 0 Å². The van der Waals surface area contributed by atoms with Crippen molar-refractivity contribution in [2.75, 3.05) is 12.3 Å². The first kappa shape index (κ1) is 12.8. The van der Waals surface area contributed by atoms with Crippen molar-refractivity contribution in [1.29, 1.82) is 0 Å². The molecule has 0 amide bonds. The number of hydrogen-bond donors (Lipinski definition) is 5. The quantitative estimate of drug-likeness (QED) is 0.412. The number of hydrogen-bond acceptors (Lipinski definition) is 7. The molecule has 6 N–H and O–H groups in total. The molecule has 108 valence electrons. The molecule has 2 aromatic heterocycles. The summed E-state index contributed by atoms with van der Waals surface area (Å²) in [6.45, 7) is -0.370. The Morgan fingerprint density at radius 1 is 1.45 bits per heavy atom. The summed E-state index contributed by atoms with van der Waals surface area (Å²) in [5, 5.41) is 18.8. The van der Waals surface area contributed by atoms with E-state index in [1.807, 2.05) is 0 Å². The van der Waals surface area contributed by atoms with Crippen molar-refractivity contribution in [3.63, 3.8) is 0 Å². The number of aromatic amines is 2. The maximum atomic E-state index is 11.9. The minimum Gasteiger partial charge on any atom is -0.394 e. The van der Waals surface area contributed by atoms with Gasteiger partial charge in [0.2, 0.25) is 5.95 Å². The molecule has 1 saturated heterocycles. The van der Waals surface area contributed by atoms with Gasteiger partial charge in [0.05, 0.1) is 12.7 Å². The Hall–Kier alpha value is -2.17. The van der Waals surface area contributed by atoms with Gasteiger partial charge in [-0.15, -0.1) is 0 Å². The summed E-state index contributed by atoms with van der Waals surface area (Å²) in [7, 11) is 0. The predicted molar refractivity (Wildman–Crippen MR) is 67.0 cm³/mol.